The number of carbonyl (C=O) groups excluding carboxylic acids is 1. The highest BCUT2D eigenvalue weighted by Gasteiger charge is 2.46. The van der Waals surface area contributed by atoms with Gasteiger partial charge in [0.15, 0.2) is 0 Å². The molecule has 1 aromatic carbocycles. The lowest BCUT2D eigenvalue weighted by molar-refractivity contribution is -0.157. The van der Waals surface area contributed by atoms with E-state index in [1.807, 2.05) is 6.92 Å². The van der Waals surface area contributed by atoms with Crippen molar-refractivity contribution in [1.82, 2.24) is 9.88 Å². The predicted molar refractivity (Wildman–Crippen MR) is 115 cm³/mol. The molecule has 0 spiro atoms. The molecule has 8 heteroatoms. The summed E-state index contributed by atoms with van der Waals surface area (Å²) in [5.41, 5.74) is -0.127. The van der Waals surface area contributed by atoms with Crippen molar-refractivity contribution in [3.8, 4) is 0 Å². The molecular weight excluding hydrogens is 478 g/mol. The normalized spacial score (nSPS) is 22.1. The van der Waals surface area contributed by atoms with Crippen LogP contribution in [0.2, 0.25) is 5.02 Å². The zero-order valence-corrected chi connectivity index (χ0v) is 19.3. The fourth-order valence-corrected chi connectivity index (χ4v) is 4.80. The molecule has 1 fully saturated rings. The van der Waals surface area contributed by atoms with Crippen molar-refractivity contribution in [2.24, 2.45) is 5.41 Å². The first-order chi connectivity index (χ1) is 14.3. The zero-order valence-electron chi connectivity index (χ0n) is 16.9. The van der Waals surface area contributed by atoms with Crippen LogP contribution in [-0.2, 0) is 22.5 Å². The highest BCUT2D eigenvalue weighted by atomic mass is 79.9. The Morgan fingerprint density at radius 1 is 1.37 bits per heavy atom. The molecule has 2 unspecified atom stereocenters. The van der Waals surface area contributed by atoms with Crippen LogP contribution in [0.25, 0.3) is 0 Å². The van der Waals surface area contributed by atoms with Gasteiger partial charge in [0, 0.05) is 24.6 Å². The van der Waals surface area contributed by atoms with Gasteiger partial charge in [0.2, 0.25) is 0 Å². The average molecular weight is 502 g/mol. The summed E-state index contributed by atoms with van der Waals surface area (Å²) in [6.07, 6.45) is 1.86. The average Bonchev–Trinajstić information content (AvgIpc) is 2.74. The number of hydrogen-bond acceptors (Lipinski definition) is 4. The minimum atomic E-state index is -0.882. The molecular formula is C22H24BrClF2N2O2. The first-order valence-corrected chi connectivity index (χ1v) is 11.0. The van der Waals surface area contributed by atoms with Gasteiger partial charge in [-0.3, -0.25) is 9.69 Å². The van der Waals surface area contributed by atoms with Crippen LogP contribution in [0.5, 0.6) is 0 Å². The Kier molecular flexibility index (Phi) is 7.47. The fraction of sp³-hybridized carbons (Fsp3) is 0.455. The molecule has 0 bridgehead atoms. The number of likely N-dealkylation sites (tertiary alicyclic amines) is 1. The van der Waals surface area contributed by atoms with Gasteiger partial charge in [-0.1, -0.05) is 30.7 Å². The van der Waals surface area contributed by atoms with Crippen molar-refractivity contribution in [2.75, 3.05) is 13.7 Å². The molecule has 3 rings (SSSR count). The Morgan fingerprint density at radius 2 is 2.13 bits per heavy atom. The smallest absolute Gasteiger partial charge is 0.312 e. The molecule has 0 aliphatic carbocycles. The van der Waals surface area contributed by atoms with Gasteiger partial charge < -0.3 is 4.74 Å². The van der Waals surface area contributed by atoms with E-state index in [4.69, 9.17) is 16.3 Å². The molecule has 4 nitrogen and oxygen atoms in total. The number of ether oxygens (including phenoxy) is 1. The summed E-state index contributed by atoms with van der Waals surface area (Å²) in [7, 11) is 1.35. The van der Waals surface area contributed by atoms with Crippen molar-refractivity contribution in [1.29, 1.82) is 0 Å². The zero-order chi connectivity index (χ0) is 21.9. The summed E-state index contributed by atoms with van der Waals surface area (Å²) in [4.78, 5) is 19.2. The first kappa shape index (κ1) is 23.1. The number of pyridine rings is 1. The van der Waals surface area contributed by atoms with Crippen LogP contribution in [0.3, 0.4) is 0 Å². The Hall–Kier alpha value is -1.57. The summed E-state index contributed by atoms with van der Waals surface area (Å²) in [6, 6.07) is 7.84. The second-order valence-electron chi connectivity index (χ2n) is 7.71. The summed E-state index contributed by atoms with van der Waals surface area (Å²) in [5, 5.41) is 0.0951. The maximum absolute atomic E-state index is 14.4. The molecule has 0 saturated carbocycles. The number of halogens is 4. The monoisotopic (exact) mass is 500 g/mol. The van der Waals surface area contributed by atoms with Crippen LogP contribution in [0.1, 0.15) is 37.4 Å². The number of piperidine rings is 1. The summed E-state index contributed by atoms with van der Waals surface area (Å²) in [5.74, 6) is -1.23. The second-order valence-corrected chi connectivity index (χ2v) is 8.93. The first-order valence-electron chi connectivity index (χ1n) is 9.86. The van der Waals surface area contributed by atoms with Crippen molar-refractivity contribution in [2.45, 2.75) is 45.2 Å². The van der Waals surface area contributed by atoms with Gasteiger partial charge in [0.05, 0.1) is 23.2 Å². The summed E-state index contributed by atoms with van der Waals surface area (Å²) in [6.45, 7) is 2.97. The number of aromatic nitrogens is 1. The molecule has 2 heterocycles. The fourth-order valence-electron chi connectivity index (χ4n) is 4.26. The number of rotatable bonds is 6. The lowest BCUT2D eigenvalue weighted by Crippen LogP contribution is -2.51. The number of carbonyl (C=O) groups is 1. The topological polar surface area (TPSA) is 42.4 Å². The van der Waals surface area contributed by atoms with Crippen LogP contribution in [0.15, 0.2) is 34.9 Å². The molecule has 2 atom stereocenters. The summed E-state index contributed by atoms with van der Waals surface area (Å²) < 4.78 is 34.4. The Balaban J connectivity index is 1.86. The van der Waals surface area contributed by atoms with Crippen molar-refractivity contribution in [3.05, 3.63) is 62.8 Å². The third-order valence-corrected chi connectivity index (χ3v) is 6.64. The van der Waals surface area contributed by atoms with Crippen LogP contribution in [0.4, 0.5) is 8.78 Å². The quantitative estimate of drug-likeness (QED) is 0.384. The highest BCUT2D eigenvalue weighted by Crippen LogP contribution is 2.41. The van der Waals surface area contributed by atoms with E-state index in [1.54, 1.807) is 12.1 Å². The number of benzene rings is 1. The number of esters is 1. The van der Waals surface area contributed by atoms with E-state index in [1.165, 1.54) is 25.3 Å². The van der Waals surface area contributed by atoms with E-state index in [0.717, 1.165) is 6.42 Å². The molecule has 0 amide bonds. The Labute approximate surface area is 188 Å². The molecule has 2 aromatic rings. The molecule has 1 saturated heterocycles. The minimum absolute atomic E-state index is 0.00597. The number of methoxy groups -OCH3 is 1. The SMILES string of the molecule is CCC1CC(Cc2nc(Br)ccc2F)(C(=O)OC)CCN1Cc1cccc(Cl)c1F. The van der Waals surface area contributed by atoms with Gasteiger partial charge in [-0.05, 0) is 59.9 Å². The third-order valence-electron chi connectivity index (χ3n) is 5.91. The number of nitrogens with zero attached hydrogens (tertiary/aromatic N) is 2. The van der Waals surface area contributed by atoms with Crippen LogP contribution in [0, 0.1) is 17.0 Å². The molecule has 1 aromatic heterocycles. The largest absolute Gasteiger partial charge is 0.469 e. The van der Waals surface area contributed by atoms with Crippen molar-refractivity contribution >= 4 is 33.5 Å². The molecule has 1 aliphatic heterocycles. The molecule has 0 radical (unpaired) electrons. The van der Waals surface area contributed by atoms with E-state index in [2.05, 4.69) is 25.8 Å². The van der Waals surface area contributed by atoms with E-state index >= 15 is 0 Å². The molecule has 1 aliphatic rings. The lowest BCUT2D eigenvalue weighted by Gasteiger charge is -2.45. The van der Waals surface area contributed by atoms with Crippen LogP contribution >= 0.6 is 27.5 Å². The van der Waals surface area contributed by atoms with Gasteiger partial charge in [-0.15, -0.1) is 0 Å². The molecule has 30 heavy (non-hydrogen) atoms. The van der Waals surface area contributed by atoms with Crippen molar-refractivity contribution < 1.29 is 18.3 Å². The van der Waals surface area contributed by atoms with Gasteiger partial charge in [0.1, 0.15) is 16.2 Å². The maximum atomic E-state index is 14.4. The standard InChI is InChI=1S/C22H24BrClF2N2O2/c1-3-15-11-22(21(29)30-2,12-18-17(25)7-8-19(23)27-18)9-10-28(15)13-14-5-4-6-16(24)20(14)26/h4-8,15H,3,9-13H2,1-2H3. The van der Waals surface area contributed by atoms with Gasteiger partial charge in [0.25, 0.3) is 0 Å². The van der Waals surface area contributed by atoms with E-state index < -0.39 is 17.0 Å². The van der Waals surface area contributed by atoms with Crippen molar-refractivity contribution in [3.63, 3.8) is 0 Å². The van der Waals surface area contributed by atoms with Gasteiger partial charge >= 0.3 is 5.97 Å². The second kappa shape index (κ2) is 9.71. The lowest BCUT2D eigenvalue weighted by atomic mass is 9.71. The summed E-state index contributed by atoms with van der Waals surface area (Å²) >= 11 is 9.19. The molecule has 162 valence electrons. The predicted octanol–water partition coefficient (Wildman–Crippen LogP) is 5.55. The highest BCUT2D eigenvalue weighted by molar-refractivity contribution is 9.10. The maximum Gasteiger partial charge on any atom is 0.312 e. The van der Waals surface area contributed by atoms with E-state index in [9.17, 15) is 13.6 Å². The van der Waals surface area contributed by atoms with E-state index in [0.29, 0.717) is 36.1 Å². The third kappa shape index (κ3) is 4.84. The Morgan fingerprint density at radius 3 is 2.83 bits per heavy atom. The minimum Gasteiger partial charge on any atom is -0.469 e. The molecule has 0 N–H and O–H groups in total. The van der Waals surface area contributed by atoms with Crippen LogP contribution < -0.4 is 0 Å². The Bertz CT molecular complexity index is 930. The number of hydrogen-bond donors (Lipinski definition) is 0. The van der Waals surface area contributed by atoms with Gasteiger partial charge in [-0.2, -0.15) is 0 Å². The van der Waals surface area contributed by atoms with E-state index in [-0.39, 0.29) is 29.1 Å². The van der Waals surface area contributed by atoms with Crippen LogP contribution in [-0.4, -0.2) is 35.5 Å². The van der Waals surface area contributed by atoms with Gasteiger partial charge in [-0.25, -0.2) is 13.8 Å².